The predicted molar refractivity (Wildman–Crippen MR) is 87.4 cm³/mol. The molecule has 0 aliphatic rings. The van der Waals surface area contributed by atoms with Gasteiger partial charge in [0.25, 0.3) is 0 Å². The molecule has 0 aromatic heterocycles. The maximum Gasteiger partial charge on any atom is 0.154 e. The number of aliphatic hydroxyl groups excluding tert-OH is 1. The van der Waals surface area contributed by atoms with Crippen molar-refractivity contribution in [3.8, 4) is 5.75 Å². The molecule has 21 heavy (non-hydrogen) atoms. The van der Waals surface area contributed by atoms with Gasteiger partial charge < -0.3 is 14.7 Å². The number of methoxy groups -OCH3 is 1. The minimum atomic E-state index is -3.23. The van der Waals surface area contributed by atoms with Gasteiger partial charge in [0, 0.05) is 13.1 Å². The second-order valence-corrected chi connectivity index (χ2v) is 7.56. The van der Waals surface area contributed by atoms with Gasteiger partial charge in [-0.1, -0.05) is 24.4 Å². The first-order valence-electron chi connectivity index (χ1n) is 6.57. The van der Waals surface area contributed by atoms with Crippen LogP contribution in [0.15, 0.2) is 24.3 Å². The molecule has 0 aliphatic carbocycles. The summed E-state index contributed by atoms with van der Waals surface area (Å²) in [5, 5.41) is 8.73. The fourth-order valence-electron chi connectivity index (χ4n) is 1.79. The number of thiocarbonyl (C=S) groups is 1. The SMILES string of the molecule is COc1ccc(CN(CCS(=O)(=O)CCO)C(C)=S)cc1. The van der Waals surface area contributed by atoms with Crippen molar-refractivity contribution in [3.05, 3.63) is 29.8 Å². The van der Waals surface area contributed by atoms with Crippen LogP contribution >= 0.6 is 12.2 Å². The molecule has 0 aliphatic heterocycles. The maximum atomic E-state index is 11.6. The van der Waals surface area contributed by atoms with Crippen LogP contribution < -0.4 is 4.74 Å². The van der Waals surface area contributed by atoms with Crippen molar-refractivity contribution in [3.63, 3.8) is 0 Å². The number of sulfone groups is 1. The molecule has 0 radical (unpaired) electrons. The number of nitrogens with zero attached hydrogens (tertiary/aromatic N) is 1. The van der Waals surface area contributed by atoms with E-state index in [2.05, 4.69) is 0 Å². The molecule has 0 amide bonds. The molecule has 0 bridgehead atoms. The molecule has 1 aromatic rings. The fourth-order valence-corrected chi connectivity index (χ4v) is 2.93. The third kappa shape index (κ3) is 6.41. The molecule has 0 saturated heterocycles. The summed E-state index contributed by atoms with van der Waals surface area (Å²) in [7, 11) is -1.63. The molecular weight excluding hydrogens is 310 g/mol. The third-order valence-electron chi connectivity index (χ3n) is 3.05. The van der Waals surface area contributed by atoms with E-state index in [1.807, 2.05) is 29.2 Å². The van der Waals surface area contributed by atoms with E-state index in [0.29, 0.717) is 18.1 Å². The van der Waals surface area contributed by atoms with Gasteiger partial charge in [-0.2, -0.15) is 0 Å². The van der Waals surface area contributed by atoms with Crippen LogP contribution in [-0.2, 0) is 16.4 Å². The highest BCUT2D eigenvalue weighted by molar-refractivity contribution is 7.91. The number of ether oxygens (including phenoxy) is 1. The molecule has 7 heteroatoms. The van der Waals surface area contributed by atoms with E-state index in [1.54, 1.807) is 14.0 Å². The monoisotopic (exact) mass is 331 g/mol. The average molecular weight is 331 g/mol. The smallest absolute Gasteiger partial charge is 0.154 e. The van der Waals surface area contributed by atoms with Crippen molar-refractivity contribution in [1.82, 2.24) is 4.90 Å². The topological polar surface area (TPSA) is 66.8 Å². The van der Waals surface area contributed by atoms with Crippen molar-refractivity contribution < 1.29 is 18.3 Å². The van der Waals surface area contributed by atoms with Crippen molar-refractivity contribution in [2.75, 3.05) is 31.8 Å². The first-order chi connectivity index (χ1) is 9.88. The van der Waals surface area contributed by atoms with Gasteiger partial charge in [-0.25, -0.2) is 8.42 Å². The Balaban J connectivity index is 2.67. The zero-order valence-corrected chi connectivity index (χ0v) is 13.9. The molecule has 0 saturated carbocycles. The van der Waals surface area contributed by atoms with E-state index in [4.69, 9.17) is 22.1 Å². The summed E-state index contributed by atoms with van der Waals surface area (Å²) in [6.45, 7) is 2.30. The van der Waals surface area contributed by atoms with Gasteiger partial charge in [0.05, 0.1) is 30.2 Å². The average Bonchev–Trinajstić information content (AvgIpc) is 2.43. The minimum absolute atomic E-state index is 0.0162. The maximum absolute atomic E-state index is 11.6. The van der Waals surface area contributed by atoms with E-state index in [-0.39, 0.29) is 18.1 Å². The Bertz CT molecular complexity index is 555. The van der Waals surface area contributed by atoms with E-state index in [1.165, 1.54) is 0 Å². The summed E-state index contributed by atoms with van der Waals surface area (Å²) >= 11 is 5.17. The Kier molecular flexibility index (Phi) is 7.07. The zero-order chi connectivity index (χ0) is 15.9. The Morgan fingerprint density at radius 3 is 2.38 bits per heavy atom. The van der Waals surface area contributed by atoms with E-state index in [0.717, 1.165) is 11.3 Å². The van der Waals surface area contributed by atoms with Gasteiger partial charge in [0.15, 0.2) is 9.84 Å². The number of benzene rings is 1. The highest BCUT2D eigenvalue weighted by atomic mass is 32.2. The van der Waals surface area contributed by atoms with Crippen molar-refractivity contribution >= 4 is 27.0 Å². The van der Waals surface area contributed by atoms with Crippen molar-refractivity contribution in [2.45, 2.75) is 13.5 Å². The summed E-state index contributed by atoms with van der Waals surface area (Å²) < 4.78 is 28.4. The normalized spacial score (nSPS) is 11.2. The molecule has 118 valence electrons. The number of hydrogen-bond donors (Lipinski definition) is 1. The van der Waals surface area contributed by atoms with Crippen LogP contribution in [0.3, 0.4) is 0 Å². The highest BCUT2D eigenvalue weighted by Crippen LogP contribution is 2.13. The lowest BCUT2D eigenvalue weighted by atomic mass is 10.2. The Labute approximate surface area is 131 Å². The summed E-state index contributed by atoms with van der Waals surface area (Å²) in [6.07, 6.45) is 0. The molecule has 0 heterocycles. The third-order valence-corrected chi connectivity index (χ3v) is 4.92. The molecule has 0 unspecified atom stereocenters. The van der Waals surface area contributed by atoms with Crippen LogP contribution in [0, 0.1) is 0 Å². The van der Waals surface area contributed by atoms with E-state index >= 15 is 0 Å². The quantitative estimate of drug-likeness (QED) is 0.723. The molecule has 0 fully saturated rings. The van der Waals surface area contributed by atoms with Crippen molar-refractivity contribution in [2.24, 2.45) is 0 Å². The van der Waals surface area contributed by atoms with E-state index < -0.39 is 9.84 Å². The van der Waals surface area contributed by atoms with Crippen LogP contribution in [0.5, 0.6) is 5.75 Å². The summed E-state index contributed by atoms with van der Waals surface area (Å²) in [4.78, 5) is 2.48. The molecule has 1 aromatic carbocycles. The van der Waals surface area contributed by atoms with Gasteiger partial charge in [0.1, 0.15) is 5.75 Å². The number of aliphatic hydroxyl groups is 1. The Morgan fingerprint density at radius 1 is 1.29 bits per heavy atom. The lowest BCUT2D eigenvalue weighted by molar-refractivity contribution is 0.319. The largest absolute Gasteiger partial charge is 0.497 e. The molecule has 1 rings (SSSR count). The lowest BCUT2D eigenvalue weighted by Gasteiger charge is -2.23. The number of rotatable bonds is 8. The summed E-state index contributed by atoms with van der Waals surface area (Å²) in [6, 6.07) is 7.56. The summed E-state index contributed by atoms with van der Waals surface area (Å²) in [5.74, 6) is 0.548. The zero-order valence-electron chi connectivity index (χ0n) is 12.3. The Hall–Kier alpha value is -1.18. The van der Waals surface area contributed by atoms with E-state index in [9.17, 15) is 8.42 Å². The fraction of sp³-hybridized carbons (Fsp3) is 0.500. The first kappa shape index (κ1) is 17.9. The Morgan fingerprint density at radius 2 is 1.90 bits per heavy atom. The van der Waals surface area contributed by atoms with Crippen LogP contribution in [0.1, 0.15) is 12.5 Å². The van der Waals surface area contributed by atoms with Crippen LogP contribution in [0.2, 0.25) is 0 Å². The van der Waals surface area contributed by atoms with Gasteiger partial charge in [-0.05, 0) is 24.6 Å². The van der Waals surface area contributed by atoms with Crippen LogP contribution in [0.4, 0.5) is 0 Å². The van der Waals surface area contributed by atoms with Gasteiger partial charge in [-0.3, -0.25) is 0 Å². The second-order valence-electron chi connectivity index (χ2n) is 4.66. The highest BCUT2D eigenvalue weighted by Gasteiger charge is 2.14. The summed E-state index contributed by atoms with van der Waals surface area (Å²) in [5.41, 5.74) is 1.03. The lowest BCUT2D eigenvalue weighted by Crippen LogP contribution is -2.33. The minimum Gasteiger partial charge on any atom is -0.497 e. The van der Waals surface area contributed by atoms with Gasteiger partial charge >= 0.3 is 0 Å². The number of hydrogen-bond acceptors (Lipinski definition) is 5. The standard InChI is InChI=1S/C14H21NO4S2/c1-12(20)15(7-9-21(17,18)10-8-16)11-13-3-5-14(19-2)6-4-13/h3-6,16H,7-11H2,1-2H3. The predicted octanol–water partition coefficient (Wildman–Crippen LogP) is 1.25. The molecule has 1 N–H and O–H groups in total. The van der Waals surface area contributed by atoms with Gasteiger partial charge in [0.2, 0.25) is 0 Å². The van der Waals surface area contributed by atoms with Crippen LogP contribution in [0.25, 0.3) is 0 Å². The van der Waals surface area contributed by atoms with Crippen molar-refractivity contribution in [1.29, 1.82) is 0 Å². The molecule has 0 atom stereocenters. The van der Waals surface area contributed by atoms with Gasteiger partial charge in [-0.15, -0.1) is 0 Å². The molecule has 5 nitrogen and oxygen atoms in total. The molecule has 0 spiro atoms. The first-order valence-corrected chi connectivity index (χ1v) is 8.80. The molecular formula is C14H21NO4S2. The van der Waals surface area contributed by atoms with Crippen LogP contribution in [-0.4, -0.2) is 55.2 Å². The second kappa shape index (κ2) is 8.31.